The van der Waals surface area contributed by atoms with Crippen LogP contribution in [0.4, 0.5) is 14.6 Å². The lowest BCUT2D eigenvalue weighted by Crippen LogP contribution is -2.25. The molecule has 3 heterocycles. The molecule has 0 spiro atoms. The summed E-state index contributed by atoms with van der Waals surface area (Å²) in [4.78, 5) is 17.1. The summed E-state index contributed by atoms with van der Waals surface area (Å²) in [5.41, 5.74) is 3.84. The summed E-state index contributed by atoms with van der Waals surface area (Å²) in [6.07, 6.45) is 0.0987. The second-order valence-electron chi connectivity index (χ2n) is 7.23. The average Bonchev–Trinajstić information content (AvgIpc) is 3.20. The Balaban J connectivity index is 1.68. The lowest BCUT2D eigenvalue weighted by molar-refractivity contribution is -0.116. The summed E-state index contributed by atoms with van der Waals surface area (Å²) in [5.74, 6) is -1.54. The quantitative estimate of drug-likeness (QED) is 0.514. The Morgan fingerprint density at radius 2 is 1.90 bits per heavy atom. The Morgan fingerprint density at radius 3 is 2.66 bits per heavy atom. The molecule has 4 aromatic rings. The molecule has 29 heavy (non-hydrogen) atoms. The van der Waals surface area contributed by atoms with Gasteiger partial charge < -0.3 is 5.32 Å². The van der Waals surface area contributed by atoms with E-state index >= 15 is 0 Å². The number of hydrogen-bond donors (Lipinski definition) is 1. The number of amides is 1. The number of nitrogens with one attached hydrogen (secondary N) is 1. The zero-order valence-electron chi connectivity index (χ0n) is 15.7. The Hall–Kier alpha value is -3.13. The van der Waals surface area contributed by atoms with Crippen molar-refractivity contribution in [3.8, 4) is 5.13 Å². The van der Waals surface area contributed by atoms with E-state index in [0.29, 0.717) is 22.2 Å². The fourth-order valence-electron chi connectivity index (χ4n) is 3.86. The van der Waals surface area contributed by atoms with E-state index in [1.165, 1.54) is 23.5 Å². The number of halogens is 2. The minimum atomic E-state index is -0.667. The third-order valence-corrected chi connectivity index (χ3v) is 6.10. The van der Waals surface area contributed by atoms with Crippen molar-refractivity contribution >= 4 is 33.3 Å². The molecule has 1 atom stereocenters. The van der Waals surface area contributed by atoms with Gasteiger partial charge in [-0.15, -0.1) is 0 Å². The number of rotatable bonds is 2. The molecule has 0 unspecified atom stereocenters. The predicted molar refractivity (Wildman–Crippen MR) is 108 cm³/mol. The molecule has 0 fully saturated rings. The van der Waals surface area contributed by atoms with Crippen LogP contribution in [0.1, 0.15) is 34.7 Å². The Morgan fingerprint density at radius 1 is 1.14 bits per heavy atom. The molecular formula is C21H16F2N4OS. The van der Waals surface area contributed by atoms with Crippen molar-refractivity contribution in [1.82, 2.24) is 14.8 Å². The molecule has 2 aromatic carbocycles. The molecule has 146 valence electrons. The predicted octanol–water partition coefficient (Wildman–Crippen LogP) is 4.85. The van der Waals surface area contributed by atoms with Crippen LogP contribution in [-0.2, 0) is 4.79 Å². The number of thiazole rings is 1. The van der Waals surface area contributed by atoms with E-state index in [-0.39, 0.29) is 12.3 Å². The SMILES string of the molecule is Cc1ccc2nc(-n3nc(C)c4c3NC(=O)C[C@@H]4c3cc(F)cc(F)c3)sc2c1. The Kier molecular flexibility index (Phi) is 3.99. The number of aryl methyl sites for hydroxylation is 2. The van der Waals surface area contributed by atoms with Gasteiger partial charge in [-0.3, -0.25) is 4.79 Å². The largest absolute Gasteiger partial charge is 0.310 e. The standard InChI is InChI=1S/C21H16F2N4OS/c1-10-3-4-16-17(5-10)29-21(24-16)27-20-19(11(2)26-27)15(9-18(28)25-20)12-6-13(22)8-14(23)7-12/h3-8,15H,9H2,1-2H3,(H,25,28)/t15-/m1/s1. The fraction of sp³-hybridized carbons (Fsp3) is 0.190. The van der Waals surface area contributed by atoms with Gasteiger partial charge in [0.15, 0.2) is 0 Å². The van der Waals surface area contributed by atoms with E-state index in [0.717, 1.165) is 27.4 Å². The van der Waals surface area contributed by atoms with Gasteiger partial charge in [-0.1, -0.05) is 17.4 Å². The van der Waals surface area contributed by atoms with Crippen LogP contribution in [0.25, 0.3) is 15.3 Å². The van der Waals surface area contributed by atoms with Crippen LogP contribution in [0.3, 0.4) is 0 Å². The number of carbonyl (C=O) groups excluding carboxylic acids is 1. The number of hydrogen-bond acceptors (Lipinski definition) is 4. The van der Waals surface area contributed by atoms with Crippen molar-refractivity contribution in [2.24, 2.45) is 0 Å². The third-order valence-electron chi connectivity index (χ3n) is 5.10. The van der Waals surface area contributed by atoms with Crippen molar-refractivity contribution in [2.45, 2.75) is 26.2 Å². The molecule has 1 aliphatic rings. The first-order valence-corrected chi connectivity index (χ1v) is 9.93. The highest BCUT2D eigenvalue weighted by Crippen LogP contribution is 2.41. The van der Waals surface area contributed by atoms with Gasteiger partial charge in [0.1, 0.15) is 17.5 Å². The second kappa shape index (κ2) is 6.45. The van der Waals surface area contributed by atoms with Crippen LogP contribution in [0, 0.1) is 25.5 Å². The van der Waals surface area contributed by atoms with Gasteiger partial charge in [0.25, 0.3) is 0 Å². The Bertz CT molecular complexity index is 1270. The first-order chi connectivity index (χ1) is 13.9. The lowest BCUT2D eigenvalue weighted by Gasteiger charge is -2.24. The fourth-order valence-corrected chi connectivity index (χ4v) is 4.88. The number of nitrogens with zero attached hydrogens (tertiary/aromatic N) is 3. The summed E-state index contributed by atoms with van der Waals surface area (Å²) in [6.45, 7) is 3.84. The van der Waals surface area contributed by atoms with Crippen LogP contribution in [0.2, 0.25) is 0 Å². The molecule has 8 heteroatoms. The maximum atomic E-state index is 13.8. The summed E-state index contributed by atoms with van der Waals surface area (Å²) in [6, 6.07) is 9.36. The number of carbonyl (C=O) groups is 1. The number of anilines is 1. The van der Waals surface area contributed by atoms with Gasteiger partial charge in [0.2, 0.25) is 11.0 Å². The van der Waals surface area contributed by atoms with Crippen LogP contribution in [-0.4, -0.2) is 20.7 Å². The molecule has 5 nitrogen and oxygen atoms in total. The number of aromatic nitrogens is 3. The third kappa shape index (κ3) is 3.00. The molecule has 0 aliphatic carbocycles. The zero-order chi connectivity index (χ0) is 20.3. The molecule has 1 amide bonds. The molecule has 5 rings (SSSR count). The monoisotopic (exact) mass is 410 g/mol. The van der Waals surface area contributed by atoms with Crippen molar-refractivity contribution in [1.29, 1.82) is 0 Å². The van der Waals surface area contributed by atoms with Gasteiger partial charge in [-0.2, -0.15) is 9.78 Å². The summed E-state index contributed by atoms with van der Waals surface area (Å²) in [7, 11) is 0. The van der Waals surface area contributed by atoms with Crippen molar-refractivity contribution in [2.75, 3.05) is 5.32 Å². The van der Waals surface area contributed by atoms with Crippen molar-refractivity contribution in [3.05, 3.63) is 70.4 Å². The average molecular weight is 410 g/mol. The van der Waals surface area contributed by atoms with E-state index in [2.05, 4.69) is 21.5 Å². The maximum Gasteiger partial charge on any atom is 0.226 e. The highest BCUT2D eigenvalue weighted by molar-refractivity contribution is 7.20. The van der Waals surface area contributed by atoms with Gasteiger partial charge in [-0.05, 0) is 49.2 Å². The normalized spacial score (nSPS) is 16.1. The topological polar surface area (TPSA) is 59.8 Å². The molecule has 0 saturated heterocycles. The van der Waals surface area contributed by atoms with Crippen LogP contribution < -0.4 is 5.32 Å². The number of benzene rings is 2. The van der Waals surface area contributed by atoms with E-state index in [4.69, 9.17) is 0 Å². The van der Waals surface area contributed by atoms with Gasteiger partial charge >= 0.3 is 0 Å². The van der Waals surface area contributed by atoms with E-state index < -0.39 is 17.6 Å². The zero-order valence-corrected chi connectivity index (χ0v) is 16.5. The Labute approximate surface area is 169 Å². The number of fused-ring (bicyclic) bond motifs is 2. The van der Waals surface area contributed by atoms with E-state index in [1.807, 2.05) is 26.0 Å². The molecule has 1 N–H and O–H groups in total. The second-order valence-corrected chi connectivity index (χ2v) is 8.24. The van der Waals surface area contributed by atoms with E-state index in [9.17, 15) is 13.6 Å². The summed E-state index contributed by atoms with van der Waals surface area (Å²) in [5, 5.41) is 8.10. The lowest BCUT2D eigenvalue weighted by atomic mass is 9.85. The first kappa shape index (κ1) is 17.9. The molecule has 0 bridgehead atoms. The summed E-state index contributed by atoms with van der Waals surface area (Å²) >= 11 is 1.47. The highest BCUT2D eigenvalue weighted by atomic mass is 32.1. The minimum Gasteiger partial charge on any atom is -0.310 e. The smallest absolute Gasteiger partial charge is 0.226 e. The van der Waals surface area contributed by atoms with Crippen LogP contribution in [0.15, 0.2) is 36.4 Å². The van der Waals surface area contributed by atoms with Gasteiger partial charge in [0, 0.05) is 24.0 Å². The van der Waals surface area contributed by atoms with Crippen LogP contribution in [0.5, 0.6) is 0 Å². The van der Waals surface area contributed by atoms with Crippen LogP contribution >= 0.6 is 11.3 Å². The van der Waals surface area contributed by atoms with Gasteiger partial charge in [-0.25, -0.2) is 13.8 Å². The molecule has 0 radical (unpaired) electrons. The minimum absolute atomic E-state index is 0.0987. The molecular weight excluding hydrogens is 394 g/mol. The van der Waals surface area contributed by atoms with E-state index in [1.54, 1.807) is 4.68 Å². The first-order valence-electron chi connectivity index (χ1n) is 9.12. The molecule has 0 saturated carbocycles. The van der Waals surface area contributed by atoms with Gasteiger partial charge in [0.05, 0.1) is 15.9 Å². The molecule has 1 aliphatic heterocycles. The molecule has 2 aromatic heterocycles. The summed E-state index contributed by atoms with van der Waals surface area (Å²) < 4.78 is 30.3. The maximum absolute atomic E-state index is 13.8. The highest BCUT2D eigenvalue weighted by Gasteiger charge is 2.33. The van der Waals surface area contributed by atoms with Crippen molar-refractivity contribution in [3.63, 3.8) is 0 Å². The van der Waals surface area contributed by atoms with Crippen molar-refractivity contribution < 1.29 is 13.6 Å².